The second-order valence-corrected chi connectivity index (χ2v) is 5.08. The van der Waals surface area contributed by atoms with E-state index in [4.69, 9.17) is 5.73 Å². The van der Waals surface area contributed by atoms with Gasteiger partial charge in [-0.05, 0) is 5.41 Å². The summed E-state index contributed by atoms with van der Waals surface area (Å²) in [5, 5.41) is 0.859. The normalized spacial score (nSPS) is 14.7. The van der Waals surface area contributed by atoms with E-state index in [1.165, 1.54) is 11.3 Å². The molecule has 0 fully saturated rings. The van der Waals surface area contributed by atoms with E-state index in [2.05, 4.69) is 32.7 Å². The van der Waals surface area contributed by atoms with Gasteiger partial charge >= 0.3 is 0 Å². The fraction of sp³-hybridized carbons (Fsp3) is 0.667. The molecule has 3 heteroatoms. The molecular formula is C9H16N2S. The molecule has 68 valence electrons. The zero-order valence-corrected chi connectivity index (χ0v) is 8.90. The zero-order chi connectivity index (χ0) is 9.35. The number of nitrogens with two attached hydrogens (primary N) is 1. The van der Waals surface area contributed by atoms with Crippen molar-refractivity contribution in [3.05, 3.63) is 11.2 Å². The van der Waals surface area contributed by atoms with E-state index in [0.717, 1.165) is 10.7 Å². The minimum atomic E-state index is 0.238. The Morgan fingerprint density at radius 1 is 1.50 bits per heavy atom. The first-order valence-electron chi connectivity index (χ1n) is 4.12. The molecule has 1 heterocycles. The van der Waals surface area contributed by atoms with Crippen LogP contribution < -0.4 is 5.73 Å². The fourth-order valence-corrected chi connectivity index (χ4v) is 1.63. The molecule has 0 spiro atoms. The third kappa shape index (κ3) is 1.78. The number of thiazole rings is 1. The summed E-state index contributed by atoms with van der Waals surface area (Å²) in [6.45, 7) is 8.79. The number of rotatable bonds is 1. The largest absolute Gasteiger partial charge is 0.389 e. The van der Waals surface area contributed by atoms with Gasteiger partial charge in [0.05, 0.1) is 11.2 Å². The van der Waals surface area contributed by atoms with Gasteiger partial charge in [0, 0.05) is 5.92 Å². The van der Waals surface area contributed by atoms with Gasteiger partial charge in [-0.15, -0.1) is 11.3 Å². The maximum atomic E-state index is 5.79. The molecule has 1 atom stereocenters. The van der Waals surface area contributed by atoms with Crippen molar-refractivity contribution in [2.75, 3.05) is 5.73 Å². The van der Waals surface area contributed by atoms with Crippen LogP contribution in [-0.4, -0.2) is 4.98 Å². The molecule has 0 saturated carbocycles. The van der Waals surface area contributed by atoms with Gasteiger partial charge in [-0.25, -0.2) is 4.98 Å². The van der Waals surface area contributed by atoms with E-state index >= 15 is 0 Å². The Bertz CT molecular complexity index is 260. The van der Waals surface area contributed by atoms with Crippen molar-refractivity contribution in [3.63, 3.8) is 0 Å². The first-order chi connectivity index (χ1) is 5.43. The Morgan fingerprint density at radius 2 is 2.08 bits per heavy atom. The lowest BCUT2D eigenvalue weighted by molar-refractivity contribution is 0.336. The van der Waals surface area contributed by atoms with Crippen molar-refractivity contribution in [1.29, 1.82) is 0 Å². The highest BCUT2D eigenvalue weighted by Gasteiger charge is 2.24. The minimum Gasteiger partial charge on any atom is -0.389 e. The summed E-state index contributed by atoms with van der Waals surface area (Å²) >= 11 is 1.52. The number of nitrogen functional groups attached to an aromatic ring is 1. The first-order valence-corrected chi connectivity index (χ1v) is 4.99. The van der Waals surface area contributed by atoms with Gasteiger partial charge < -0.3 is 5.73 Å². The number of hydrogen-bond acceptors (Lipinski definition) is 3. The summed E-state index contributed by atoms with van der Waals surface area (Å²) in [5.41, 5.74) is 8.89. The topological polar surface area (TPSA) is 38.9 Å². The standard InChI is InChI=1S/C9H16N2S/c1-6(9(2,3)4)7-8(10)12-5-11-7/h5-6H,10H2,1-4H3. The summed E-state index contributed by atoms with van der Waals surface area (Å²) in [4.78, 5) is 4.28. The Kier molecular flexibility index (Phi) is 2.42. The molecule has 1 unspecified atom stereocenters. The lowest BCUT2D eigenvalue weighted by Gasteiger charge is -2.26. The van der Waals surface area contributed by atoms with Crippen molar-refractivity contribution in [3.8, 4) is 0 Å². The second kappa shape index (κ2) is 3.05. The SMILES string of the molecule is CC(c1ncsc1N)C(C)(C)C. The van der Waals surface area contributed by atoms with Gasteiger partial charge in [-0.2, -0.15) is 0 Å². The number of hydrogen-bond donors (Lipinski definition) is 1. The molecule has 0 radical (unpaired) electrons. The highest BCUT2D eigenvalue weighted by Crippen LogP contribution is 2.37. The van der Waals surface area contributed by atoms with Gasteiger partial charge in [-0.3, -0.25) is 0 Å². The van der Waals surface area contributed by atoms with Crippen LogP contribution in [0.2, 0.25) is 0 Å². The van der Waals surface area contributed by atoms with Crippen LogP contribution in [0.1, 0.15) is 39.3 Å². The van der Waals surface area contributed by atoms with Crippen LogP contribution in [0.3, 0.4) is 0 Å². The molecule has 0 bridgehead atoms. The molecule has 0 aliphatic rings. The Hall–Kier alpha value is -0.570. The third-order valence-electron chi connectivity index (χ3n) is 2.33. The van der Waals surface area contributed by atoms with Gasteiger partial charge in [-0.1, -0.05) is 27.7 Å². The van der Waals surface area contributed by atoms with E-state index in [0.29, 0.717) is 5.92 Å². The Balaban J connectivity index is 2.92. The van der Waals surface area contributed by atoms with Crippen LogP contribution in [0.25, 0.3) is 0 Å². The first kappa shape index (κ1) is 9.52. The van der Waals surface area contributed by atoms with Crippen molar-refractivity contribution >= 4 is 16.3 Å². The molecular weight excluding hydrogens is 168 g/mol. The molecule has 0 aliphatic carbocycles. The van der Waals surface area contributed by atoms with Crippen LogP contribution in [-0.2, 0) is 0 Å². The Labute approximate surface area is 77.8 Å². The molecule has 0 aliphatic heterocycles. The highest BCUT2D eigenvalue weighted by molar-refractivity contribution is 7.13. The molecule has 1 rings (SSSR count). The Morgan fingerprint density at radius 3 is 2.42 bits per heavy atom. The maximum absolute atomic E-state index is 5.79. The van der Waals surface area contributed by atoms with Crippen LogP contribution in [0, 0.1) is 5.41 Å². The van der Waals surface area contributed by atoms with Gasteiger partial charge in [0.2, 0.25) is 0 Å². The van der Waals surface area contributed by atoms with E-state index < -0.39 is 0 Å². The van der Waals surface area contributed by atoms with Crippen LogP contribution in [0.4, 0.5) is 5.00 Å². The van der Waals surface area contributed by atoms with Crippen LogP contribution >= 0.6 is 11.3 Å². The van der Waals surface area contributed by atoms with E-state index in [-0.39, 0.29) is 5.41 Å². The summed E-state index contributed by atoms with van der Waals surface area (Å²) in [6, 6.07) is 0. The van der Waals surface area contributed by atoms with Gasteiger partial charge in [0.15, 0.2) is 0 Å². The van der Waals surface area contributed by atoms with Crippen molar-refractivity contribution in [1.82, 2.24) is 4.98 Å². The smallest absolute Gasteiger partial charge is 0.109 e. The second-order valence-electron chi connectivity index (χ2n) is 4.19. The highest BCUT2D eigenvalue weighted by atomic mass is 32.1. The lowest BCUT2D eigenvalue weighted by atomic mass is 9.80. The average molecular weight is 184 g/mol. The van der Waals surface area contributed by atoms with E-state index in [1.807, 2.05) is 5.51 Å². The molecule has 12 heavy (non-hydrogen) atoms. The maximum Gasteiger partial charge on any atom is 0.109 e. The zero-order valence-electron chi connectivity index (χ0n) is 8.09. The number of nitrogens with zero attached hydrogens (tertiary/aromatic N) is 1. The molecule has 1 aromatic rings. The monoisotopic (exact) mass is 184 g/mol. The predicted octanol–water partition coefficient (Wildman–Crippen LogP) is 2.87. The summed E-state index contributed by atoms with van der Waals surface area (Å²) in [7, 11) is 0. The van der Waals surface area contributed by atoms with E-state index in [9.17, 15) is 0 Å². The molecule has 2 N–H and O–H groups in total. The summed E-state index contributed by atoms with van der Waals surface area (Å²) < 4.78 is 0. The summed E-state index contributed by atoms with van der Waals surface area (Å²) in [6.07, 6.45) is 0. The van der Waals surface area contributed by atoms with Crippen LogP contribution in [0.15, 0.2) is 5.51 Å². The van der Waals surface area contributed by atoms with Crippen molar-refractivity contribution in [2.45, 2.75) is 33.6 Å². The number of anilines is 1. The van der Waals surface area contributed by atoms with E-state index in [1.54, 1.807) is 0 Å². The lowest BCUT2D eigenvalue weighted by Crippen LogP contribution is -2.16. The molecule has 0 aromatic carbocycles. The molecule has 2 nitrogen and oxygen atoms in total. The predicted molar refractivity (Wildman–Crippen MR) is 54.4 cm³/mol. The van der Waals surface area contributed by atoms with Gasteiger partial charge in [0.25, 0.3) is 0 Å². The quantitative estimate of drug-likeness (QED) is 0.729. The fourth-order valence-electron chi connectivity index (χ4n) is 0.999. The summed E-state index contributed by atoms with van der Waals surface area (Å²) in [5.74, 6) is 0.420. The van der Waals surface area contributed by atoms with Crippen molar-refractivity contribution in [2.24, 2.45) is 5.41 Å². The molecule has 0 saturated heterocycles. The third-order valence-corrected chi connectivity index (χ3v) is 3.01. The average Bonchev–Trinajstić information content (AvgIpc) is 2.31. The van der Waals surface area contributed by atoms with Crippen LogP contribution in [0.5, 0.6) is 0 Å². The van der Waals surface area contributed by atoms with Gasteiger partial charge in [0.1, 0.15) is 5.00 Å². The van der Waals surface area contributed by atoms with Crippen molar-refractivity contribution < 1.29 is 0 Å². The molecule has 0 amide bonds. The minimum absolute atomic E-state index is 0.238. The number of aromatic nitrogens is 1. The molecule has 1 aromatic heterocycles.